The van der Waals surface area contributed by atoms with Gasteiger partial charge in [-0.1, -0.05) is 30.3 Å². The number of carbonyl (C=O) groups excluding carboxylic acids is 1. The Balaban J connectivity index is 1.68. The van der Waals surface area contributed by atoms with Crippen LogP contribution < -0.4 is 10.1 Å². The minimum Gasteiger partial charge on any atom is -0.484 e. The largest absolute Gasteiger partial charge is 0.484 e. The van der Waals surface area contributed by atoms with E-state index in [-0.39, 0.29) is 12.2 Å². The van der Waals surface area contributed by atoms with Crippen LogP contribution in [0.25, 0.3) is 10.8 Å². The van der Waals surface area contributed by atoms with Gasteiger partial charge in [-0.05, 0) is 42.3 Å². The molecule has 0 fully saturated rings. The van der Waals surface area contributed by atoms with Crippen molar-refractivity contribution < 1.29 is 19.4 Å². The zero-order valence-electron chi connectivity index (χ0n) is 13.8. The summed E-state index contributed by atoms with van der Waals surface area (Å²) in [4.78, 5) is 24.4. The van der Waals surface area contributed by atoms with Crippen molar-refractivity contribution in [2.75, 3.05) is 11.9 Å². The molecule has 0 aliphatic rings. The highest BCUT2D eigenvalue weighted by Gasteiger charge is 2.20. The van der Waals surface area contributed by atoms with Gasteiger partial charge in [0.15, 0.2) is 6.61 Å². The van der Waals surface area contributed by atoms with Crippen LogP contribution in [0.3, 0.4) is 0 Å². The van der Waals surface area contributed by atoms with E-state index in [4.69, 9.17) is 4.74 Å². The Kier molecular flexibility index (Phi) is 4.72. The van der Waals surface area contributed by atoms with Gasteiger partial charge in [0, 0.05) is 4.88 Å². The molecule has 1 aromatic heterocycles. The average molecular weight is 355 g/mol. The maximum Gasteiger partial charge on any atom is 0.338 e. The summed E-state index contributed by atoms with van der Waals surface area (Å²) in [7, 11) is 0. The molecule has 1 amide bonds. The van der Waals surface area contributed by atoms with E-state index in [1.807, 2.05) is 43.3 Å². The van der Waals surface area contributed by atoms with Crippen molar-refractivity contribution in [2.24, 2.45) is 0 Å². The number of hydrogen-bond donors (Lipinski definition) is 2. The number of hydrogen-bond acceptors (Lipinski definition) is 4. The molecule has 128 valence electrons. The van der Waals surface area contributed by atoms with Crippen molar-refractivity contribution in [1.82, 2.24) is 0 Å². The highest BCUT2D eigenvalue weighted by Crippen LogP contribution is 2.32. The average Bonchev–Trinajstić information content (AvgIpc) is 2.86. The third-order valence-corrected chi connectivity index (χ3v) is 5.07. The summed E-state index contributed by atoms with van der Waals surface area (Å²) in [5.74, 6) is -0.852. The lowest BCUT2D eigenvalue weighted by atomic mass is 10.1. The smallest absolute Gasteiger partial charge is 0.338 e. The lowest BCUT2D eigenvalue weighted by molar-refractivity contribution is -0.118. The maximum absolute atomic E-state index is 12.1. The number of rotatable bonds is 5. The SMILES string of the molecule is Cc1sc(NC(=O)COc2ccc3ccccc3c2)c(C(=O)O)c1C. The molecule has 3 aromatic rings. The van der Waals surface area contributed by atoms with Crippen molar-refractivity contribution in [3.8, 4) is 5.75 Å². The normalized spacial score (nSPS) is 10.6. The number of nitrogens with one attached hydrogen (secondary N) is 1. The predicted octanol–water partition coefficient (Wildman–Crippen LogP) is 4.23. The molecule has 3 rings (SSSR count). The second-order valence-electron chi connectivity index (χ2n) is 5.64. The van der Waals surface area contributed by atoms with Gasteiger partial charge in [-0.25, -0.2) is 4.79 Å². The number of amides is 1. The van der Waals surface area contributed by atoms with Crippen LogP contribution in [0, 0.1) is 13.8 Å². The Morgan fingerprint density at radius 2 is 1.84 bits per heavy atom. The summed E-state index contributed by atoms with van der Waals surface area (Å²) in [6.07, 6.45) is 0. The second-order valence-corrected chi connectivity index (χ2v) is 6.86. The second kappa shape index (κ2) is 6.94. The number of carboxylic acids is 1. The van der Waals surface area contributed by atoms with E-state index in [2.05, 4.69) is 5.32 Å². The monoisotopic (exact) mass is 355 g/mol. The Hall–Kier alpha value is -2.86. The van der Waals surface area contributed by atoms with Crippen molar-refractivity contribution in [3.63, 3.8) is 0 Å². The van der Waals surface area contributed by atoms with Crippen LogP contribution in [0.2, 0.25) is 0 Å². The third kappa shape index (κ3) is 3.64. The molecule has 0 unspecified atom stereocenters. The molecule has 1 heterocycles. The Labute approximate surface area is 148 Å². The zero-order chi connectivity index (χ0) is 18.0. The number of carbonyl (C=O) groups is 2. The summed E-state index contributed by atoms with van der Waals surface area (Å²) >= 11 is 1.25. The lowest BCUT2D eigenvalue weighted by Crippen LogP contribution is -2.20. The minimum atomic E-state index is -1.05. The fraction of sp³-hybridized carbons (Fsp3) is 0.158. The van der Waals surface area contributed by atoms with E-state index >= 15 is 0 Å². The van der Waals surface area contributed by atoms with Gasteiger partial charge >= 0.3 is 5.97 Å². The first-order chi connectivity index (χ1) is 12.0. The summed E-state index contributed by atoms with van der Waals surface area (Å²) in [5.41, 5.74) is 0.810. The van der Waals surface area contributed by atoms with E-state index in [1.54, 1.807) is 13.0 Å². The van der Waals surface area contributed by atoms with E-state index in [0.29, 0.717) is 16.3 Å². The van der Waals surface area contributed by atoms with E-state index in [0.717, 1.165) is 15.6 Å². The number of carboxylic acid groups (broad SMARTS) is 1. The predicted molar refractivity (Wildman–Crippen MR) is 98.8 cm³/mol. The summed E-state index contributed by atoms with van der Waals surface area (Å²) < 4.78 is 5.53. The van der Waals surface area contributed by atoms with Gasteiger partial charge in [0.05, 0.1) is 5.56 Å². The first-order valence-corrected chi connectivity index (χ1v) is 8.52. The molecule has 0 atom stereocenters. The van der Waals surface area contributed by atoms with Crippen LogP contribution in [-0.4, -0.2) is 23.6 Å². The van der Waals surface area contributed by atoms with E-state index in [9.17, 15) is 14.7 Å². The molecule has 0 radical (unpaired) electrons. The first-order valence-electron chi connectivity index (χ1n) is 7.70. The molecule has 0 aliphatic carbocycles. The van der Waals surface area contributed by atoms with Gasteiger partial charge < -0.3 is 15.2 Å². The molecule has 6 heteroatoms. The molecule has 0 aliphatic heterocycles. The molecule has 0 saturated heterocycles. The number of aromatic carboxylic acids is 1. The molecular formula is C19H17NO4S. The molecule has 0 saturated carbocycles. The van der Waals surface area contributed by atoms with Gasteiger partial charge in [-0.2, -0.15) is 0 Å². The van der Waals surface area contributed by atoms with Crippen LogP contribution in [0.1, 0.15) is 20.8 Å². The number of aryl methyl sites for hydroxylation is 1. The Morgan fingerprint density at radius 1 is 1.12 bits per heavy atom. The van der Waals surface area contributed by atoms with Gasteiger partial charge in [-0.15, -0.1) is 11.3 Å². The summed E-state index contributed by atoms with van der Waals surface area (Å²) in [5, 5.41) is 14.4. The standard InChI is InChI=1S/C19H17NO4S/c1-11-12(2)25-18(17(11)19(22)23)20-16(21)10-24-15-8-7-13-5-3-4-6-14(13)9-15/h3-9H,10H2,1-2H3,(H,20,21)(H,22,23). The van der Waals surface area contributed by atoms with Crippen molar-refractivity contribution in [1.29, 1.82) is 0 Å². The fourth-order valence-corrected chi connectivity index (χ4v) is 3.61. The van der Waals surface area contributed by atoms with Crippen LogP contribution in [0.15, 0.2) is 42.5 Å². The molecule has 25 heavy (non-hydrogen) atoms. The van der Waals surface area contributed by atoms with Crippen molar-refractivity contribution in [3.05, 3.63) is 58.5 Å². The molecule has 5 nitrogen and oxygen atoms in total. The zero-order valence-corrected chi connectivity index (χ0v) is 14.6. The number of ether oxygens (including phenoxy) is 1. The summed E-state index contributed by atoms with van der Waals surface area (Å²) in [6.45, 7) is 3.37. The van der Waals surface area contributed by atoms with Gasteiger partial charge in [0.1, 0.15) is 10.8 Å². The topological polar surface area (TPSA) is 75.6 Å². The number of anilines is 1. The van der Waals surface area contributed by atoms with Crippen molar-refractivity contribution >= 4 is 39.0 Å². The van der Waals surface area contributed by atoms with Crippen LogP contribution in [-0.2, 0) is 4.79 Å². The first kappa shape index (κ1) is 17.0. The third-order valence-electron chi connectivity index (χ3n) is 3.94. The van der Waals surface area contributed by atoms with Crippen LogP contribution in [0.4, 0.5) is 5.00 Å². The summed E-state index contributed by atoms with van der Waals surface area (Å²) in [6, 6.07) is 13.5. The maximum atomic E-state index is 12.1. The van der Waals surface area contributed by atoms with Crippen LogP contribution >= 0.6 is 11.3 Å². The molecular weight excluding hydrogens is 338 g/mol. The molecule has 2 N–H and O–H groups in total. The van der Waals surface area contributed by atoms with E-state index < -0.39 is 11.9 Å². The minimum absolute atomic E-state index is 0.140. The van der Waals surface area contributed by atoms with E-state index in [1.165, 1.54) is 11.3 Å². The Morgan fingerprint density at radius 3 is 2.56 bits per heavy atom. The molecule has 0 bridgehead atoms. The Bertz CT molecular complexity index is 961. The van der Waals surface area contributed by atoms with Gasteiger partial charge in [0.25, 0.3) is 5.91 Å². The lowest BCUT2D eigenvalue weighted by Gasteiger charge is -2.08. The molecule has 0 spiro atoms. The number of benzene rings is 2. The number of thiophene rings is 1. The highest BCUT2D eigenvalue weighted by atomic mass is 32.1. The van der Waals surface area contributed by atoms with Gasteiger partial charge in [-0.3, -0.25) is 4.79 Å². The van der Waals surface area contributed by atoms with Crippen molar-refractivity contribution in [2.45, 2.75) is 13.8 Å². The number of fused-ring (bicyclic) bond motifs is 1. The highest BCUT2D eigenvalue weighted by molar-refractivity contribution is 7.16. The van der Waals surface area contributed by atoms with Gasteiger partial charge in [0.2, 0.25) is 0 Å². The fourth-order valence-electron chi connectivity index (χ4n) is 2.54. The van der Waals surface area contributed by atoms with Crippen LogP contribution in [0.5, 0.6) is 5.75 Å². The molecule has 2 aromatic carbocycles. The quantitative estimate of drug-likeness (QED) is 0.718.